The van der Waals surface area contributed by atoms with Gasteiger partial charge in [0.25, 0.3) is 5.91 Å². The van der Waals surface area contributed by atoms with Gasteiger partial charge in [-0.2, -0.15) is 5.10 Å². The number of hydrogen-bond acceptors (Lipinski definition) is 8. The third kappa shape index (κ3) is 3.82. The lowest BCUT2D eigenvalue weighted by atomic mass is 10.1. The Morgan fingerprint density at radius 3 is 2.63 bits per heavy atom. The zero-order valence-electron chi connectivity index (χ0n) is 19.0. The fourth-order valence-corrected chi connectivity index (χ4v) is 4.55. The Morgan fingerprint density at radius 2 is 1.86 bits per heavy atom. The molecule has 10 heteroatoms. The van der Waals surface area contributed by atoms with Crippen LogP contribution in [0.2, 0.25) is 0 Å². The topological polar surface area (TPSA) is 121 Å². The molecule has 5 aromatic rings. The summed E-state index contributed by atoms with van der Waals surface area (Å²) in [5, 5.41) is 13.4. The quantitative estimate of drug-likeness (QED) is 0.415. The summed E-state index contributed by atoms with van der Waals surface area (Å²) in [5.41, 5.74) is 8.74. The standard InChI is InChI=1S/C25H24N8O2/c26-24-29-30-25(31-11-5-2-6-12-31)33(24)23(34)19-14-21(17-8-3-1-4-9-17)28-22-20(19)15-27-32(22)16-18-10-7-13-35-18/h1,3-4,7-10,13-15H,2,5-6,11-12,16H2,(H2,26,29). The van der Waals surface area contributed by atoms with Crippen LogP contribution >= 0.6 is 0 Å². The van der Waals surface area contributed by atoms with Crippen molar-refractivity contribution in [3.05, 3.63) is 72.3 Å². The van der Waals surface area contributed by atoms with E-state index in [1.165, 1.54) is 4.57 Å². The summed E-state index contributed by atoms with van der Waals surface area (Å²) < 4.78 is 8.64. The molecule has 0 spiro atoms. The molecule has 1 aliphatic rings. The molecule has 0 saturated carbocycles. The minimum atomic E-state index is -0.310. The summed E-state index contributed by atoms with van der Waals surface area (Å²) in [6.45, 7) is 2.02. The van der Waals surface area contributed by atoms with Crippen LogP contribution in [-0.4, -0.2) is 48.5 Å². The molecule has 0 atom stereocenters. The lowest BCUT2D eigenvalue weighted by Gasteiger charge is -2.27. The van der Waals surface area contributed by atoms with Gasteiger partial charge in [-0.3, -0.25) is 4.79 Å². The van der Waals surface area contributed by atoms with E-state index in [4.69, 9.17) is 15.1 Å². The van der Waals surface area contributed by atoms with Crippen molar-refractivity contribution < 1.29 is 9.21 Å². The highest BCUT2D eigenvalue weighted by Crippen LogP contribution is 2.28. The van der Waals surface area contributed by atoms with Crippen LogP contribution in [0, 0.1) is 0 Å². The van der Waals surface area contributed by atoms with E-state index in [1.54, 1.807) is 23.2 Å². The average Bonchev–Trinajstić information content (AvgIpc) is 3.65. The van der Waals surface area contributed by atoms with Gasteiger partial charge in [-0.05, 0) is 37.5 Å². The number of piperidine rings is 1. The average molecular weight is 469 g/mol. The lowest BCUT2D eigenvalue weighted by Crippen LogP contribution is -2.33. The Morgan fingerprint density at radius 1 is 1.03 bits per heavy atom. The summed E-state index contributed by atoms with van der Waals surface area (Å²) in [6.07, 6.45) is 6.52. The molecule has 1 aliphatic heterocycles. The van der Waals surface area contributed by atoms with Crippen molar-refractivity contribution >= 4 is 28.8 Å². The molecule has 0 amide bonds. The first-order chi connectivity index (χ1) is 17.2. The predicted octanol–water partition coefficient (Wildman–Crippen LogP) is 3.59. The van der Waals surface area contributed by atoms with Gasteiger partial charge in [0.1, 0.15) is 12.3 Å². The van der Waals surface area contributed by atoms with Crippen LogP contribution in [-0.2, 0) is 6.54 Å². The zero-order valence-corrected chi connectivity index (χ0v) is 19.0. The van der Waals surface area contributed by atoms with E-state index < -0.39 is 0 Å². The minimum absolute atomic E-state index is 0.0600. The number of nitrogens with zero attached hydrogens (tertiary/aromatic N) is 7. The predicted molar refractivity (Wildman–Crippen MR) is 131 cm³/mol. The highest BCUT2D eigenvalue weighted by molar-refractivity contribution is 6.09. The zero-order chi connectivity index (χ0) is 23.8. The highest BCUT2D eigenvalue weighted by atomic mass is 16.3. The summed E-state index contributed by atoms with van der Waals surface area (Å²) >= 11 is 0. The SMILES string of the molecule is Nc1nnc(N2CCCCC2)n1C(=O)c1cc(-c2ccccc2)nc2c1cnn2Cc1ccco1. The van der Waals surface area contributed by atoms with Crippen molar-refractivity contribution in [1.82, 2.24) is 29.5 Å². The maximum Gasteiger partial charge on any atom is 0.268 e. The molecule has 176 valence electrons. The molecule has 0 radical (unpaired) electrons. The highest BCUT2D eigenvalue weighted by Gasteiger charge is 2.27. The van der Waals surface area contributed by atoms with Crippen LogP contribution in [0.3, 0.4) is 0 Å². The molecule has 0 bridgehead atoms. The van der Waals surface area contributed by atoms with Crippen molar-refractivity contribution in [2.45, 2.75) is 25.8 Å². The summed E-state index contributed by atoms with van der Waals surface area (Å²) in [7, 11) is 0. The smallest absolute Gasteiger partial charge is 0.268 e. The molecule has 1 fully saturated rings. The number of hydrogen-bond donors (Lipinski definition) is 1. The van der Waals surface area contributed by atoms with E-state index in [0.29, 0.717) is 34.8 Å². The third-order valence-electron chi connectivity index (χ3n) is 6.31. The minimum Gasteiger partial charge on any atom is -0.467 e. The summed E-state index contributed by atoms with van der Waals surface area (Å²) in [4.78, 5) is 20.9. The first-order valence-corrected chi connectivity index (χ1v) is 11.6. The number of anilines is 2. The molecule has 0 aliphatic carbocycles. The lowest BCUT2D eigenvalue weighted by molar-refractivity contribution is 0.0964. The number of aromatic nitrogens is 6. The molecule has 10 nitrogen and oxygen atoms in total. The number of nitrogen functional groups attached to an aromatic ring is 1. The van der Waals surface area contributed by atoms with Crippen molar-refractivity contribution in [3.63, 3.8) is 0 Å². The van der Waals surface area contributed by atoms with Crippen molar-refractivity contribution in [3.8, 4) is 11.3 Å². The molecule has 4 aromatic heterocycles. The number of nitrogens with two attached hydrogens (primary N) is 1. The van der Waals surface area contributed by atoms with Gasteiger partial charge >= 0.3 is 0 Å². The Balaban J connectivity index is 1.50. The van der Waals surface area contributed by atoms with Gasteiger partial charge < -0.3 is 15.1 Å². The van der Waals surface area contributed by atoms with Gasteiger partial charge in [0.15, 0.2) is 5.65 Å². The van der Waals surface area contributed by atoms with Gasteiger partial charge in [-0.1, -0.05) is 30.3 Å². The van der Waals surface area contributed by atoms with Crippen LogP contribution in [0.4, 0.5) is 11.9 Å². The molecule has 0 unspecified atom stereocenters. The van der Waals surface area contributed by atoms with Gasteiger partial charge in [0.2, 0.25) is 11.9 Å². The Labute approximate surface area is 201 Å². The van der Waals surface area contributed by atoms with Crippen molar-refractivity contribution in [1.29, 1.82) is 0 Å². The summed E-state index contributed by atoms with van der Waals surface area (Å²) in [5.74, 6) is 0.964. The second kappa shape index (κ2) is 8.71. The van der Waals surface area contributed by atoms with Gasteiger partial charge in [-0.25, -0.2) is 14.2 Å². The van der Waals surface area contributed by atoms with Crippen LogP contribution in [0.1, 0.15) is 35.4 Å². The Bertz CT molecular complexity index is 1480. The molecule has 1 aromatic carbocycles. The van der Waals surface area contributed by atoms with Crippen molar-refractivity contribution in [2.24, 2.45) is 0 Å². The van der Waals surface area contributed by atoms with Crippen LogP contribution in [0.25, 0.3) is 22.3 Å². The van der Waals surface area contributed by atoms with E-state index in [9.17, 15) is 4.79 Å². The molecular weight excluding hydrogens is 444 g/mol. The van der Waals surface area contributed by atoms with Gasteiger partial charge in [0.05, 0.1) is 29.1 Å². The monoisotopic (exact) mass is 468 g/mol. The normalized spacial score (nSPS) is 14.0. The van der Waals surface area contributed by atoms with E-state index in [1.807, 2.05) is 42.5 Å². The number of furan rings is 1. The number of carbonyl (C=O) groups is 1. The van der Waals surface area contributed by atoms with E-state index in [0.717, 1.165) is 43.7 Å². The molecule has 6 rings (SSSR count). The van der Waals surface area contributed by atoms with Crippen molar-refractivity contribution in [2.75, 3.05) is 23.7 Å². The Hall–Kier alpha value is -4.47. The number of pyridine rings is 1. The first-order valence-electron chi connectivity index (χ1n) is 11.6. The number of carbonyl (C=O) groups excluding carboxylic acids is 1. The third-order valence-corrected chi connectivity index (χ3v) is 6.31. The van der Waals surface area contributed by atoms with Gasteiger partial charge in [0, 0.05) is 18.7 Å². The van der Waals surface area contributed by atoms with Crippen LogP contribution in [0.15, 0.2) is 65.4 Å². The van der Waals surface area contributed by atoms with E-state index >= 15 is 0 Å². The van der Waals surface area contributed by atoms with Crippen LogP contribution < -0.4 is 10.6 Å². The second-order valence-electron chi connectivity index (χ2n) is 8.59. The molecule has 1 saturated heterocycles. The number of rotatable bonds is 5. The maximum absolute atomic E-state index is 14.0. The largest absolute Gasteiger partial charge is 0.467 e. The fourth-order valence-electron chi connectivity index (χ4n) is 4.55. The molecule has 5 heterocycles. The Kier molecular flexibility index (Phi) is 5.25. The first kappa shape index (κ1) is 21.1. The fraction of sp³-hybridized carbons (Fsp3) is 0.240. The van der Waals surface area contributed by atoms with E-state index in [-0.39, 0.29) is 11.9 Å². The maximum atomic E-state index is 14.0. The summed E-state index contributed by atoms with van der Waals surface area (Å²) in [6, 6.07) is 15.2. The number of benzene rings is 1. The molecule has 35 heavy (non-hydrogen) atoms. The molecular formula is C25H24N8O2. The molecule has 2 N–H and O–H groups in total. The number of fused-ring (bicyclic) bond motifs is 1. The van der Waals surface area contributed by atoms with Gasteiger partial charge in [-0.15, -0.1) is 10.2 Å². The van der Waals surface area contributed by atoms with E-state index in [2.05, 4.69) is 20.2 Å². The second-order valence-corrected chi connectivity index (χ2v) is 8.59. The van der Waals surface area contributed by atoms with Crippen LogP contribution in [0.5, 0.6) is 0 Å².